The molecule has 0 unspecified atom stereocenters. The monoisotopic (exact) mass is 331 g/mol. The Morgan fingerprint density at radius 3 is 2.65 bits per heavy atom. The van der Waals surface area contributed by atoms with Crippen LogP contribution in [-0.2, 0) is 9.53 Å². The van der Waals surface area contributed by atoms with Crippen molar-refractivity contribution in [3.63, 3.8) is 0 Å². The second-order valence-electron chi connectivity index (χ2n) is 5.30. The van der Waals surface area contributed by atoms with Crippen molar-refractivity contribution in [3.8, 4) is 0 Å². The van der Waals surface area contributed by atoms with Gasteiger partial charge in [-0.05, 0) is 18.6 Å². The Balaban J connectivity index is 2.26. The number of carbonyl (C=O) groups excluding carboxylic acids is 1. The highest BCUT2D eigenvalue weighted by atomic mass is 19.4. The molecule has 0 N–H and O–H groups in total. The van der Waals surface area contributed by atoms with Crippen molar-refractivity contribution in [2.24, 2.45) is 0 Å². The molecule has 1 saturated heterocycles. The van der Waals surface area contributed by atoms with Crippen LogP contribution >= 0.6 is 0 Å². The van der Waals surface area contributed by atoms with Crippen molar-refractivity contribution in [1.82, 2.24) is 14.8 Å². The van der Waals surface area contributed by atoms with Crippen LogP contribution in [0.2, 0.25) is 0 Å². The largest absolute Gasteiger partial charge is 0.406 e. The number of hydrogen-bond acceptors (Lipinski definition) is 4. The molecule has 1 aliphatic rings. The quantitative estimate of drug-likeness (QED) is 0.826. The van der Waals surface area contributed by atoms with Crippen LogP contribution in [0.3, 0.4) is 0 Å². The van der Waals surface area contributed by atoms with Gasteiger partial charge in [0.05, 0.1) is 13.2 Å². The minimum atomic E-state index is -4.42. The molecule has 1 amide bonds. The number of ether oxygens (including phenoxy) is 1. The molecule has 2 rings (SSSR count). The van der Waals surface area contributed by atoms with E-state index in [1.165, 1.54) is 6.20 Å². The number of nitrogens with zero attached hydrogens (tertiary/aromatic N) is 3. The molecule has 1 fully saturated rings. The molecule has 5 nitrogen and oxygen atoms in total. The Kier molecular flexibility index (Phi) is 5.95. The van der Waals surface area contributed by atoms with Crippen LogP contribution in [0.4, 0.5) is 13.2 Å². The van der Waals surface area contributed by atoms with Gasteiger partial charge in [-0.15, -0.1) is 0 Å². The number of halogens is 3. The van der Waals surface area contributed by atoms with E-state index in [1.807, 2.05) is 4.90 Å². The molecule has 0 aromatic carbocycles. The van der Waals surface area contributed by atoms with Crippen LogP contribution < -0.4 is 0 Å². The van der Waals surface area contributed by atoms with Gasteiger partial charge in [0.1, 0.15) is 12.6 Å². The summed E-state index contributed by atoms with van der Waals surface area (Å²) in [5.41, 5.74) is 0.597. The van der Waals surface area contributed by atoms with E-state index in [2.05, 4.69) is 4.98 Å². The van der Waals surface area contributed by atoms with Crippen LogP contribution in [0.5, 0.6) is 0 Å². The lowest BCUT2D eigenvalue weighted by atomic mass is 10.1. The van der Waals surface area contributed by atoms with Gasteiger partial charge in [-0.1, -0.05) is 6.07 Å². The highest BCUT2D eigenvalue weighted by Gasteiger charge is 2.37. The summed E-state index contributed by atoms with van der Waals surface area (Å²) >= 11 is 0. The standard InChI is InChI=1S/C15H20F3N3O2/c1-2-20(11-15(16,17)18)14(22)13(12-4-3-5-19-10-12)21-6-8-23-9-7-21/h3-5,10,13H,2,6-9,11H2,1H3/t13-/m0/s1. The van der Waals surface area contributed by atoms with E-state index in [-0.39, 0.29) is 6.54 Å². The summed E-state index contributed by atoms with van der Waals surface area (Å²) in [6.07, 6.45) is -1.33. The van der Waals surface area contributed by atoms with Crippen LogP contribution in [-0.4, -0.2) is 66.3 Å². The lowest BCUT2D eigenvalue weighted by Gasteiger charge is -2.36. The molecule has 128 valence electrons. The maximum absolute atomic E-state index is 12.8. The van der Waals surface area contributed by atoms with E-state index in [4.69, 9.17) is 4.74 Å². The molecule has 8 heteroatoms. The van der Waals surface area contributed by atoms with Crippen LogP contribution in [0.1, 0.15) is 18.5 Å². The zero-order chi connectivity index (χ0) is 16.9. The number of carbonyl (C=O) groups is 1. The fraction of sp³-hybridized carbons (Fsp3) is 0.600. The van der Waals surface area contributed by atoms with Gasteiger partial charge in [-0.2, -0.15) is 13.2 Å². The van der Waals surface area contributed by atoms with Gasteiger partial charge >= 0.3 is 6.18 Å². The van der Waals surface area contributed by atoms with Crippen molar-refractivity contribution in [1.29, 1.82) is 0 Å². The predicted octanol–water partition coefficient (Wildman–Crippen LogP) is 1.87. The summed E-state index contributed by atoms with van der Waals surface area (Å²) in [7, 11) is 0. The average molecular weight is 331 g/mol. The molecule has 1 atom stereocenters. The number of alkyl halides is 3. The molecule has 0 bridgehead atoms. The molecular weight excluding hydrogens is 311 g/mol. The summed E-state index contributed by atoms with van der Waals surface area (Å²) in [5.74, 6) is -0.556. The summed E-state index contributed by atoms with van der Waals surface area (Å²) < 4.78 is 43.4. The first-order chi connectivity index (χ1) is 10.9. The first-order valence-corrected chi connectivity index (χ1v) is 7.49. The highest BCUT2D eigenvalue weighted by molar-refractivity contribution is 5.83. The lowest BCUT2D eigenvalue weighted by Crippen LogP contribution is -2.49. The highest BCUT2D eigenvalue weighted by Crippen LogP contribution is 2.26. The smallest absolute Gasteiger partial charge is 0.379 e. The molecule has 1 aromatic heterocycles. The van der Waals surface area contributed by atoms with Crippen molar-refractivity contribution in [3.05, 3.63) is 30.1 Å². The van der Waals surface area contributed by atoms with E-state index in [1.54, 1.807) is 25.3 Å². The SMILES string of the molecule is CCN(CC(F)(F)F)C(=O)[C@H](c1cccnc1)N1CCOCC1. The minimum Gasteiger partial charge on any atom is -0.379 e. The normalized spacial score (nSPS) is 17.7. The first kappa shape index (κ1) is 17.7. The van der Waals surface area contributed by atoms with Crippen LogP contribution in [0.25, 0.3) is 0 Å². The number of aromatic nitrogens is 1. The van der Waals surface area contributed by atoms with Gasteiger partial charge in [-0.25, -0.2) is 0 Å². The van der Waals surface area contributed by atoms with Crippen molar-refractivity contribution in [2.45, 2.75) is 19.1 Å². The van der Waals surface area contributed by atoms with Crippen molar-refractivity contribution < 1.29 is 22.7 Å². The fourth-order valence-electron chi connectivity index (χ4n) is 2.62. The van der Waals surface area contributed by atoms with E-state index in [0.29, 0.717) is 31.9 Å². The molecule has 2 heterocycles. The molecule has 0 saturated carbocycles. The third-order valence-corrected chi connectivity index (χ3v) is 3.71. The zero-order valence-electron chi connectivity index (χ0n) is 12.9. The summed E-state index contributed by atoms with van der Waals surface area (Å²) in [5, 5.41) is 0. The third kappa shape index (κ3) is 4.90. The zero-order valence-corrected chi connectivity index (χ0v) is 12.9. The van der Waals surface area contributed by atoms with E-state index < -0.39 is 24.7 Å². The maximum Gasteiger partial charge on any atom is 0.406 e. The van der Waals surface area contributed by atoms with E-state index in [0.717, 1.165) is 4.90 Å². The summed E-state index contributed by atoms with van der Waals surface area (Å²) in [6, 6.07) is 2.62. The lowest BCUT2D eigenvalue weighted by molar-refractivity contribution is -0.165. The van der Waals surface area contributed by atoms with Gasteiger partial charge in [0, 0.05) is 32.0 Å². The van der Waals surface area contributed by atoms with Gasteiger partial charge in [-0.3, -0.25) is 14.7 Å². The second kappa shape index (κ2) is 7.74. The fourth-order valence-corrected chi connectivity index (χ4v) is 2.62. The summed E-state index contributed by atoms with van der Waals surface area (Å²) in [6.45, 7) is 2.20. The Morgan fingerprint density at radius 2 is 2.13 bits per heavy atom. The number of pyridine rings is 1. The molecule has 23 heavy (non-hydrogen) atoms. The van der Waals surface area contributed by atoms with Crippen LogP contribution in [0.15, 0.2) is 24.5 Å². The van der Waals surface area contributed by atoms with Gasteiger partial charge in [0.25, 0.3) is 0 Å². The topological polar surface area (TPSA) is 45.7 Å². The first-order valence-electron chi connectivity index (χ1n) is 7.49. The van der Waals surface area contributed by atoms with E-state index >= 15 is 0 Å². The maximum atomic E-state index is 12.8. The van der Waals surface area contributed by atoms with E-state index in [9.17, 15) is 18.0 Å². The van der Waals surface area contributed by atoms with Crippen LogP contribution in [0, 0.1) is 0 Å². The minimum absolute atomic E-state index is 0.000550. The predicted molar refractivity (Wildman–Crippen MR) is 77.7 cm³/mol. The molecule has 1 aromatic rings. The number of amides is 1. The third-order valence-electron chi connectivity index (χ3n) is 3.71. The Labute approximate surface area is 133 Å². The molecule has 0 aliphatic carbocycles. The Bertz CT molecular complexity index is 504. The molecule has 0 spiro atoms. The second-order valence-corrected chi connectivity index (χ2v) is 5.30. The number of rotatable bonds is 5. The van der Waals surface area contributed by atoms with Crippen molar-refractivity contribution in [2.75, 3.05) is 39.4 Å². The number of likely N-dealkylation sites (N-methyl/N-ethyl adjacent to an activating group) is 1. The molecule has 1 aliphatic heterocycles. The number of morpholine rings is 1. The van der Waals surface area contributed by atoms with Gasteiger partial charge < -0.3 is 9.64 Å². The average Bonchev–Trinajstić information content (AvgIpc) is 2.54. The molecular formula is C15H20F3N3O2. The Hall–Kier alpha value is -1.67. The summed E-state index contributed by atoms with van der Waals surface area (Å²) in [4.78, 5) is 19.4. The number of hydrogen-bond donors (Lipinski definition) is 0. The Morgan fingerprint density at radius 1 is 1.43 bits per heavy atom. The van der Waals surface area contributed by atoms with Crippen molar-refractivity contribution >= 4 is 5.91 Å². The van der Waals surface area contributed by atoms with Gasteiger partial charge in [0.2, 0.25) is 5.91 Å². The van der Waals surface area contributed by atoms with Gasteiger partial charge in [0.15, 0.2) is 0 Å². The molecule has 0 radical (unpaired) electrons.